The van der Waals surface area contributed by atoms with Crippen molar-refractivity contribution in [3.63, 3.8) is 0 Å². The summed E-state index contributed by atoms with van der Waals surface area (Å²) in [6.45, 7) is 1.01. The number of nitrogens with zero attached hydrogens (tertiary/aromatic N) is 1. The second-order valence-corrected chi connectivity index (χ2v) is 9.04. The molecule has 0 saturated heterocycles. The molecule has 0 aromatic heterocycles. The van der Waals surface area contributed by atoms with Crippen LogP contribution in [0.2, 0.25) is 10.0 Å². The predicted octanol–water partition coefficient (Wildman–Crippen LogP) is 4.53. The fourth-order valence-corrected chi connectivity index (χ4v) is 4.79. The number of hydrogen-bond donors (Lipinski definition) is 2. The first-order valence-electron chi connectivity index (χ1n) is 10.3. The van der Waals surface area contributed by atoms with Gasteiger partial charge in [0.15, 0.2) is 0 Å². The van der Waals surface area contributed by atoms with Crippen molar-refractivity contribution in [1.29, 1.82) is 0 Å². The van der Waals surface area contributed by atoms with E-state index in [1.165, 1.54) is 0 Å². The van der Waals surface area contributed by atoms with Crippen LogP contribution in [0, 0.1) is 5.92 Å². The molecule has 0 unspecified atom stereocenters. The average Bonchev–Trinajstić information content (AvgIpc) is 3.39. The second-order valence-electron chi connectivity index (χ2n) is 8.19. The first-order valence-corrected chi connectivity index (χ1v) is 11.1. The van der Waals surface area contributed by atoms with Crippen LogP contribution in [-0.4, -0.2) is 22.8 Å². The summed E-state index contributed by atoms with van der Waals surface area (Å²) in [4.78, 5) is 27.0. The summed E-state index contributed by atoms with van der Waals surface area (Å²) < 4.78 is 0. The molecule has 1 saturated carbocycles. The van der Waals surface area contributed by atoms with E-state index in [1.54, 1.807) is 23.1 Å². The van der Waals surface area contributed by atoms with Crippen molar-refractivity contribution in [3.05, 3.63) is 63.1 Å². The monoisotopic (exact) mass is 445 g/mol. The number of amides is 2. The average molecular weight is 446 g/mol. The van der Waals surface area contributed by atoms with Crippen molar-refractivity contribution in [2.75, 3.05) is 5.32 Å². The van der Waals surface area contributed by atoms with Gasteiger partial charge in [0.25, 0.3) is 0 Å². The Balaban J connectivity index is 1.38. The van der Waals surface area contributed by atoms with E-state index >= 15 is 0 Å². The fraction of sp³-hybridized carbons (Fsp3) is 0.391. The van der Waals surface area contributed by atoms with E-state index in [-0.39, 0.29) is 17.7 Å². The molecule has 30 heavy (non-hydrogen) atoms. The third-order valence-corrected chi connectivity index (χ3v) is 6.59. The number of halogens is 2. The van der Waals surface area contributed by atoms with Gasteiger partial charge in [-0.15, -0.1) is 0 Å². The van der Waals surface area contributed by atoms with Crippen molar-refractivity contribution in [3.8, 4) is 0 Å². The van der Waals surface area contributed by atoms with Gasteiger partial charge in [-0.25, -0.2) is 0 Å². The summed E-state index contributed by atoms with van der Waals surface area (Å²) in [6, 6.07) is 10.4. The summed E-state index contributed by atoms with van der Waals surface area (Å²) >= 11 is 12.2. The number of anilines is 1. The van der Waals surface area contributed by atoms with Crippen molar-refractivity contribution in [2.45, 2.75) is 51.2 Å². The maximum absolute atomic E-state index is 12.9. The summed E-state index contributed by atoms with van der Waals surface area (Å²) in [6.07, 6.45) is 4.54. The van der Waals surface area contributed by atoms with Crippen molar-refractivity contribution in [2.24, 2.45) is 11.7 Å². The molecule has 4 rings (SSSR count). The third kappa shape index (κ3) is 4.64. The zero-order valence-electron chi connectivity index (χ0n) is 16.7. The van der Waals surface area contributed by atoms with Crippen molar-refractivity contribution >= 4 is 40.7 Å². The molecule has 0 spiro atoms. The SMILES string of the molecule is N[C@H](Cc1ccc(Cl)cc1Cl)C(=O)N1Cc2ccc(NC(=O)C3CCCC3)cc2C1. The van der Waals surface area contributed by atoms with Gasteiger partial charge in [0.05, 0.1) is 6.04 Å². The van der Waals surface area contributed by atoms with E-state index in [4.69, 9.17) is 28.9 Å². The van der Waals surface area contributed by atoms with Crippen LogP contribution in [0.5, 0.6) is 0 Å². The number of benzene rings is 2. The Labute approximate surface area is 186 Å². The lowest BCUT2D eigenvalue weighted by Gasteiger charge is -2.20. The Hall–Kier alpha value is -2.08. The quantitative estimate of drug-likeness (QED) is 0.709. The van der Waals surface area contributed by atoms with Crippen molar-refractivity contribution in [1.82, 2.24) is 4.90 Å². The van der Waals surface area contributed by atoms with Crippen LogP contribution >= 0.6 is 23.2 Å². The molecule has 0 radical (unpaired) electrons. The molecule has 1 atom stereocenters. The molecular weight excluding hydrogens is 421 g/mol. The lowest BCUT2D eigenvalue weighted by molar-refractivity contribution is -0.133. The van der Waals surface area contributed by atoms with E-state index in [0.29, 0.717) is 29.6 Å². The molecule has 1 aliphatic heterocycles. The minimum absolute atomic E-state index is 0.0974. The molecule has 5 nitrogen and oxygen atoms in total. The highest BCUT2D eigenvalue weighted by Gasteiger charge is 2.28. The summed E-state index contributed by atoms with van der Waals surface area (Å²) in [5.74, 6) is 0.100. The van der Waals surface area contributed by atoms with Gasteiger partial charge in [0.2, 0.25) is 11.8 Å². The number of fused-ring (bicyclic) bond motifs is 1. The molecular formula is C23H25Cl2N3O2. The molecule has 2 amide bonds. The number of carbonyl (C=O) groups excluding carboxylic acids is 2. The van der Waals surface area contributed by atoms with E-state index in [2.05, 4.69) is 5.32 Å². The summed E-state index contributed by atoms with van der Waals surface area (Å²) in [7, 11) is 0. The summed E-state index contributed by atoms with van der Waals surface area (Å²) in [5.41, 5.74) is 9.92. The van der Waals surface area contributed by atoms with Crippen molar-refractivity contribution < 1.29 is 9.59 Å². The molecule has 1 heterocycles. The van der Waals surface area contributed by atoms with Gasteiger partial charge >= 0.3 is 0 Å². The fourth-order valence-electron chi connectivity index (χ4n) is 4.31. The zero-order valence-corrected chi connectivity index (χ0v) is 18.2. The first kappa shape index (κ1) is 21.2. The Bertz CT molecular complexity index is 973. The van der Waals surface area contributed by atoms with Gasteiger partial charge in [-0.05, 0) is 60.2 Å². The smallest absolute Gasteiger partial charge is 0.240 e. The van der Waals surface area contributed by atoms with Crippen LogP contribution in [0.1, 0.15) is 42.4 Å². The van der Waals surface area contributed by atoms with Crippen LogP contribution in [-0.2, 0) is 29.1 Å². The van der Waals surface area contributed by atoms with Crippen LogP contribution in [0.3, 0.4) is 0 Å². The van der Waals surface area contributed by atoms with Gasteiger partial charge in [0.1, 0.15) is 0 Å². The topological polar surface area (TPSA) is 75.4 Å². The Morgan fingerprint density at radius 2 is 1.80 bits per heavy atom. The Kier molecular flexibility index (Phi) is 6.32. The van der Waals surface area contributed by atoms with E-state index < -0.39 is 6.04 Å². The van der Waals surface area contributed by atoms with Crippen LogP contribution in [0.4, 0.5) is 5.69 Å². The largest absolute Gasteiger partial charge is 0.333 e. The highest BCUT2D eigenvalue weighted by molar-refractivity contribution is 6.35. The first-order chi connectivity index (χ1) is 14.4. The molecule has 1 fully saturated rings. The maximum atomic E-state index is 12.9. The van der Waals surface area contributed by atoms with Gasteiger partial charge in [-0.2, -0.15) is 0 Å². The minimum Gasteiger partial charge on any atom is -0.333 e. The zero-order chi connectivity index (χ0) is 21.3. The molecule has 7 heteroatoms. The number of carbonyl (C=O) groups is 2. The minimum atomic E-state index is -0.681. The number of nitrogens with one attached hydrogen (secondary N) is 1. The van der Waals surface area contributed by atoms with E-state index in [0.717, 1.165) is 48.1 Å². The molecule has 0 bridgehead atoms. The van der Waals surface area contributed by atoms with E-state index in [1.807, 2.05) is 18.2 Å². The lowest BCUT2D eigenvalue weighted by Crippen LogP contribution is -2.42. The lowest BCUT2D eigenvalue weighted by atomic mass is 10.1. The van der Waals surface area contributed by atoms with Gasteiger partial charge < -0.3 is 16.0 Å². The predicted molar refractivity (Wildman–Crippen MR) is 119 cm³/mol. The summed E-state index contributed by atoms with van der Waals surface area (Å²) in [5, 5.41) is 4.09. The third-order valence-electron chi connectivity index (χ3n) is 6.01. The standard InChI is InChI=1S/C23H25Cl2N3O2/c24-18-7-5-15(20(25)11-18)10-21(26)23(30)28-12-16-6-8-19(9-17(16)13-28)27-22(29)14-3-1-2-4-14/h5-9,11,14,21H,1-4,10,12-13,26H2,(H,27,29)/t21-/m1/s1. The molecule has 158 valence electrons. The second kappa shape index (κ2) is 8.96. The Morgan fingerprint density at radius 3 is 2.53 bits per heavy atom. The van der Waals surface area contributed by atoms with Crippen LogP contribution in [0.25, 0.3) is 0 Å². The molecule has 3 N–H and O–H groups in total. The maximum Gasteiger partial charge on any atom is 0.240 e. The molecule has 2 aromatic carbocycles. The van der Waals surface area contributed by atoms with Crippen LogP contribution < -0.4 is 11.1 Å². The number of nitrogens with two attached hydrogens (primary N) is 1. The number of rotatable bonds is 5. The molecule has 1 aliphatic carbocycles. The number of hydrogen-bond acceptors (Lipinski definition) is 3. The van der Waals surface area contributed by atoms with E-state index in [9.17, 15) is 9.59 Å². The van der Waals surface area contributed by atoms with Crippen LogP contribution in [0.15, 0.2) is 36.4 Å². The normalized spacial score (nSPS) is 17.1. The van der Waals surface area contributed by atoms with Gasteiger partial charge in [-0.1, -0.05) is 48.2 Å². The Morgan fingerprint density at radius 1 is 1.07 bits per heavy atom. The highest BCUT2D eigenvalue weighted by atomic mass is 35.5. The molecule has 2 aliphatic rings. The highest BCUT2D eigenvalue weighted by Crippen LogP contribution is 2.29. The van der Waals surface area contributed by atoms with Gasteiger partial charge in [0, 0.05) is 34.7 Å². The van der Waals surface area contributed by atoms with Gasteiger partial charge in [-0.3, -0.25) is 9.59 Å². The molecule has 2 aromatic rings.